The molecule has 0 saturated carbocycles. The molecule has 1 aliphatic rings. The first-order chi connectivity index (χ1) is 12.6. The Kier molecular flexibility index (Phi) is 6.12. The molecule has 0 saturated heterocycles. The predicted molar refractivity (Wildman–Crippen MR) is 110 cm³/mol. The molecule has 2 N–H and O–H groups in total. The van der Waals surface area contributed by atoms with Gasteiger partial charge in [-0.25, -0.2) is 10.9 Å². The van der Waals surface area contributed by atoms with Gasteiger partial charge in [-0.1, -0.05) is 23.7 Å². The summed E-state index contributed by atoms with van der Waals surface area (Å²) in [5, 5.41) is 15.1. The number of nitrogens with one attached hydrogen (secondary N) is 1. The van der Waals surface area contributed by atoms with Crippen molar-refractivity contribution in [3.8, 4) is 5.75 Å². The molecule has 1 aliphatic heterocycles. The van der Waals surface area contributed by atoms with Crippen molar-refractivity contribution in [2.24, 2.45) is 0 Å². The maximum atomic E-state index is 10.7. The number of methoxy groups -OCH3 is 1. The van der Waals surface area contributed by atoms with Crippen molar-refractivity contribution in [1.82, 2.24) is 0 Å². The first-order valence-corrected chi connectivity index (χ1v) is 10.4. The number of hydrogen-bond donors (Lipinski definition) is 3. The lowest BCUT2D eigenvalue weighted by Gasteiger charge is -2.17. The van der Waals surface area contributed by atoms with Crippen LogP contribution in [-0.2, 0) is 11.3 Å². The van der Waals surface area contributed by atoms with Gasteiger partial charge in [-0.15, -0.1) is 0 Å². The summed E-state index contributed by atoms with van der Waals surface area (Å²) in [6.07, 6.45) is 3.11. The van der Waals surface area contributed by atoms with E-state index >= 15 is 0 Å². The van der Waals surface area contributed by atoms with Gasteiger partial charge in [-0.3, -0.25) is 4.79 Å². The smallest absolute Gasteiger partial charge is 0.303 e. The fourth-order valence-electron chi connectivity index (χ4n) is 2.99. The summed E-state index contributed by atoms with van der Waals surface area (Å²) in [4.78, 5) is 12.0. The van der Waals surface area contributed by atoms with Crippen molar-refractivity contribution in [1.29, 1.82) is 0 Å². The Bertz CT molecular complexity index is 838. The average Bonchev–Trinajstić information content (AvgIpc) is 3.03. The minimum absolute atomic E-state index is 0.234. The van der Waals surface area contributed by atoms with E-state index in [0.29, 0.717) is 23.7 Å². The molecule has 0 amide bonds. The van der Waals surface area contributed by atoms with Crippen LogP contribution in [0.15, 0.2) is 46.7 Å². The SMILES string of the molecule is COc1ccc(CNc2cccc3c2C=C[SH]3CCCC(=O)O)cc1Cl. The third-order valence-electron chi connectivity index (χ3n) is 4.30. The number of carbonyl (C=O) groups is 1. The Morgan fingerprint density at radius 2 is 2.15 bits per heavy atom. The van der Waals surface area contributed by atoms with Crippen LogP contribution in [0.5, 0.6) is 5.75 Å². The molecule has 1 heterocycles. The minimum Gasteiger partial charge on any atom is -0.495 e. The number of aliphatic carboxylic acids is 1. The van der Waals surface area contributed by atoms with Gasteiger partial charge in [0.15, 0.2) is 0 Å². The van der Waals surface area contributed by atoms with Crippen LogP contribution in [0.2, 0.25) is 5.02 Å². The molecule has 3 rings (SSSR count). The molecule has 0 aliphatic carbocycles. The van der Waals surface area contributed by atoms with Gasteiger partial charge in [0.1, 0.15) is 5.75 Å². The number of rotatable bonds is 8. The van der Waals surface area contributed by atoms with E-state index in [4.69, 9.17) is 21.4 Å². The fourth-order valence-corrected chi connectivity index (χ4v) is 5.43. The van der Waals surface area contributed by atoms with Crippen LogP contribution in [0.25, 0.3) is 6.08 Å². The Labute approximate surface area is 161 Å². The first kappa shape index (κ1) is 18.7. The number of fused-ring (bicyclic) bond motifs is 1. The van der Waals surface area contributed by atoms with E-state index in [2.05, 4.69) is 35.0 Å². The van der Waals surface area contributed by atoms with Crippen molar-refractivity contribution in [2.75, 3.05) is 18.2 Å². The second-order valence-corrected chi connectivity index (χ2v) is 8.64. The van der Waals surface area contributed by atoms with E-state index in [9.17, 15) is 4.79 Å². The van der Waals surface area contributed by atoms with E-state index in [1.807, 2.05) is 18.2 Å². The average molecular weight is 392 g/mol. The number of carboxylic acids is 1. The quantitative estimate of drug-likeness (QED) is 0.543. The highest BCUT2D eigenvalue weighted by atomic mass is 35.5. The maximum absolute atomic E-state index is 10.7. The summed E-state index contributed by atoms with van der Waals surface area (Å²) >= 11 is 6.19. The molecule has 26 heavy (non-hydrogen) atoms. The van der Waals surface area contributed by atoms with Crippen molar-refractivity contribution in [3.05, 3.63) is 58.0 Å². The largest absolute Gasteiger partial charge is 0.495 e. The second-order valence-electron chi connectivity index (χ2n) is 6.07. The normalized spacial score (nSPS) is 16.3. The fraction of sp³-hybridized carbons (Fsp3) is 0.250. The van der Waals surface area contributed by atoms with Gasteiger partial charge in [0.25, 0.3) is 0 Å². The molecular formula is C20H22ClNO3S. The van der Waals surface area contributed by atoms with Crippen LogP contribution in [0.4, 0.5) is 5.69 Å². The van der Waals surface area contributed by atoms with Gasteiger partial charge in [-0.2, -0.15) is 0 Å². The van der Waals surface area contributed by atoms with Gasteiger partial charge < -0.3 is 15.2 Å². The lowest BCUT2D eigenvalue weighted by atomic mass is 10.1. The topological polar surface area (TPSA) is 58.6 Å². The summed E-state index contributed by atoms with van der Waals surface area (Å²) in [5.74, 6) is 0.866. The van der Waals surface area contributed by atoms with Gasteiger partial charge in [-0.05, 0) is 53.5 Å². The van der Waals surface area contributed by atoms with Crippen LogP contribution in [0, 0.1) is 0 Å². The van der Waals surface area contributed by atoms with Gasteiger partial charge in [0.05, 0.1) is 12.1 Å². The van der Waals surface area contributed by atoms with Crippen LogP contribution >= 0.6 is 22.5 Å². The number of ether oxygens (including phenoxy) is 1. The zero-order valence-electron chi connectivity index (χ0n) is 14.5. The minimum atomic E-state index is -0.725. The van der Waals surface area contributed by atoms with Crippen molar-refractivity contribution in [2.45, 2.75) is 24.3 Å². The first-order valence-electron chi connectivity index (χ1n) is 8.44. The molecule has 0 aromatic heterocycles. The van der Waals surface area contributed by atoms with Gasteiger partial charge in [0, 0.05) is 29.1 Å². The van der Waals surface area contributed by atoms with Gasteiger partial charge in [0.2, 0.25) is 0 Å². The van der Waals surface area contributed by atoms with Crippen molar-refractivity contribution in [3.63, 3.8) is 0 Å². The van der Waals surface area contributed by atoms with Gasteiger partial charge >= 0.3 is 5.97 Å². The molecular weight excluding hydrogens is 370 g/mol. The summed E-state index contributed by atoms with van der Waals surface area (Å²) < 4.78 is 5.19. The van der Waals surface area contributed by atoms with E-state index in [0.717, 1.165) is 17.0 Å². The molecule has 6 heteroatoms. The Hall–Kier alpha value is -2.11. The highest BCUT2D eigenvalue weighted by Crippen LogP contribution is 2.48. The van der Waals surface area contributed by atoms with Crippen molar-refractivity contribution >= 4 is 40.2 Å². The Morgan fingerprint density at radius 3 is 2.88 bits per heavy atom. The summed E-state index contributed by atoms with van der Waals surface area (Å²) in [6.45, 7) is 0.672. The zero-order chi connectivity index (χ0) is 18.5. The van der Waals surface area contributed by atoms with Crippen LogP contribution in [0.1, 0.15) is 24.0 Å². The van der Waals surface area contributed by atoms with E-state index in [1.54, 1.807) is 7.11 Å². The highest BCUT2D eigenvalue weighted by Gasteiger charge is 2.17. The Morgan fingerprint density at radius 1 is 1.31 bits per heavy atom. The van der Waals surface area contributed by atoms with E-state index < -0.39 is 16.9 Å². The number of thiol groups is 1. The van der Waals surface area contributed by atoms with Crippen LogP contribution in [-0.4, -0.2) is 23.9 Å². The number of benzene rings is 2. The van der Waals surface area contributed by atoms with Crippen LogP contribution < -0.4 is 10.1 Å². The summed E-state index contributed by atoms with van der Waals surface area (Å²) in [7, 11) is 1.20. The standard InChI is InChI=1S/C20H22ClNO3S/c1-25-18-8-7-14(12-16(18)21)13-22-17-4-2-5-19-15(17)9-11-26(19)10-3-6-20(23)24/h2,4-5,7-9,11-12,22,26H,3,6,10,13H2,1H3,(H,23,24). The summed E-state index contributed by atoms with van der Waals surface area (Å²) in [6, 6.07) is 12.1. The summed E-state index contributed by atoms with van der Waals surface area (Å²) in [5.41, 5.74) is 3.39. The molecule has 0 fully saturated rings. The highest BCUT2D eigenvalue weighted by molar-refractivity contribution is 8.20. The number of hydrogen-bond acceptors (Lipinski definition) is 3. The lowest BCUT2D eigenvalue weighted by Crippen LogP contribution is -2.02. The molecule has 4 nitrogen and oxygen atoms in total. The molecule has 0 bridgehead atoms. The lowest BCUT2D eigenvalue weighted by molar-refractivity contribution is -0.137. The molecule has 1 atom stereocenters. The van der Waals surface area contributed by atoms with E-state index in [-0.39, 0.29) is 6.42 Å². The van der Waals surface area contributed by atoms with Crippen LogP contribution in [0.3, 0.4) is 0 Å². The zero-order valence-corrected chi connectivity index (χ0v) is 16.2. The molecule has 2 aromatic rings. The molecule has 0 spiro atoms. The third kappa shape index (κ3) is 4.34. The second kappa shape index (κ2) is 8.52. The molecule has 138 valence electrons. The Balaban J connectivity index is 1.67. The number of carboxylic acid groups (broad SMARTS) is 1. The number of halogens is 1. The maximum Gasteiger partial charge on any atom is 0.303 e. The molecule has 1 unspecified atom stereocenters. The molecule has 2 aromatic carbocycles. The molecule has 0 radical (unpaired) electrons. The third-order valence-corrected chi connectivity index (χ3v) is 6.91. The monoisotopic (exact) mass is 391 g/mol. The van der Waals surface area contributed by atoms with E-state index in [1.165, 1.54) is 10.5 Å². The number of anilines is 1. The predicted octanol–water partition coefficient (Wildman–Crippen LogP) is 5.17. The van der Waals surface area contributed by atoms with Crippen molar-refractivity contribution < 1.29 is 14.6 Å².